The number of hydrazine groups is 1. The number of nitrogens with one attached hydrogen (secondary N) is 1. The summed E-state index contributed by atoms with van der Waals surface area (Å²) in [4.78, 5) is 0. The van der Waals surface area contributed by atoms with E-state index >= 15 is 0 Å². The zero-order valence-electron chi connectivity index (χ0n) is 10.0. The molecule has 0 fully saturated rings. The minimum atomic E-state index is -0.296. The summed E-state index contributed by atoms with van der Waals surface area (Å²) in [6.07, 6.45) is 0.408. The van der Waals surface area contributed by atoms with Crippen LogP contribution >= 0.6 is 22.6 Å². The third-order valence-electron chi connectivity index (χ3n) is 2.92. The van der Waals surface area contributed by atoms with E-state index in [9.17, 15) is 8.78 Å². The molecule has 0 aromatic heterocycles. The first-order chi connectivity index (χ1) is 9.11. The topological polar surface area (TPSA) is 38.0 Å². The Morgan fingerprint density at radius 2 is 1.89 bits per heavy atom. The highest BCUT2D eigenvalue weighted by molar-refractivity contribution is 14.1. The molecule has 0 aliphatic rings. The Hall–Kier alpha value is -1.05. The summed E-state index contributed by atoms with van der Waals surface area (Å²) < 4.78 is 27.5. The van der Waals surface area contributed by atoms with E-state index in [2.05, 4.69) is 5.43 Å². The van der Waals surface area contributed by atoms with Crippen molar-refractivity contribution in [3.05, 3.63) is 68.8 Å². The molecule has 1 atom stereocenters. The van der Waals surface area contributed by atoms with Crippen molar-refractivity contribution in [2.75, 3.05) is 0 Å². The second-order valence-corrected chi connectivity index (χ2v) is 5.34. The highest BCUT2D eigenvalue weighted by Crippen LogP contribution is 2.24. The molecule has 0 spiro atoms. The van der Waals surface area contributed by atoms with Gasteiger partial charge in [-0.1, -0.05) is 24.3 Å². The molecule has 2 aromatic rings. The van der Waals surface area contributed by atoms with E-state index in [0.29, 0.717) is 12.0 Å². The summed E-state index contributed by atoms with van der Waals surface area (Å²) in [5.41, 5.74) is 4.09. The molecule has 0 radical (unpaired) electrons. The first kappa shape index (κ1) is 14.4. The number of halogens is 3. The largest absolute Gasteiger partial charge is 0.271 e. The van der Waals surface area contributed by atoms with Crippen LogP contribution in [0.5, 0.6) is 0 Å². The van der Waals surface area contributed by atoms with Gasteiger partial charge in [-0.15, -0.1) is 0 Å². The Morgan fingerprint density at radius 3 is 2.53 bits per heavy atom. The van der Waals surface area contributed by atoms with Crippen LogP contribution < -0.4 is 11.3 Å². The van der Waals surface area contributed by atoms with Gasteiger partial charge in [-0.3, -0.25) is 11.3 Å². The molecule has 2 rings (SSSR count). The molecule has 19 heavy (non-hydrogen) atoms. The normalized spacial score (nSPS) is 12.4. The Bertz CT molecular complexity index is 575. The Morgan fingerprint density at radius 1 is 1.16 bits per heavy atom. The predicted octanol–water partition coefficient (Wildman–Crippen LogP) is 3.32. The molecule has 0 heterocycles. The number of hydrogen-bond acceptors (Lipinski definition) is 2. The molecule has 5 heteroatoms. The van der Waals surface area contributed by atoms with E-state index in [1.807, 2.05) is 22.6 Å². The number of rotatable bonds is 4. The van der Waals surface area contributed by atoms with Gasteiger partial charge in [-0.2, -0.15) is 0 Å². The molecule has 2 aromatic carbocycles. The summed E-state index contributed by atoms with van der Waals surface area (Å²) in [6, 6.07) is 10.8. The van der Waals surface area contributed by atoms with Crippen molar-refractivity contribution in [3.8, 4) is 0 Å². The first-order valence-electron chi connectivity index (χ1n) is 5.76. The number of nitrogens with two attached hydrogens (primary N) is 1. The molecule has 0 aliphatic heterocycles. The molecule has 3 N–H and O–H groups in total. The summed E-state index contributed by atoms with van der Waals surface area (Å²) in [5.74, 6) is 4.98. The van der Waals surface area contributed by atoms with Crippen molar-refractivity contribution in [1.29, 1.82) is 0 Å². The van der Waals surface area contributed by atoms with Crippen LogP contribution in [0.4, 0.5) is 8.78 Å². The summed E-state index contributed by atoms with van der Waals surface area (Å²) in [5, 5.41) is 0. The fourth-order valence-electron chi connectivity index (χ4n) is 1.93. The minimum absolute atomic E-state index is 0.260. The lowest BCUT2D eigenvalue weighted by molar-refractivity contribution is 0.525. The lowest BCUT2D eigenvalue weighted by Gasteiger charge is -2.18. The van der Waals surface area contributed by atoms with Crippen LogP contribution in [0.2, 0.25) is 0 Å². The van der Waals surface area contributed by atoms with Crippen LogP contribution in [0.3, 0.4) is 0 Å². The molecule has 100 valence electrons. The third kappa shape index (κ3) is 3.49. The average molecular weight is 374 g/mol. The van der Waals surface area contributed by atoms with E-state index < -0.39 is 0 Å². The zero-order valence-corrected chi connectivity index (χ0v) is 12.2. The maximum atomic E-state index is 13.6. The van der Waals surface area contributed by atoms with E-state index in [4.69, 9.17) is 5.84 Å². The van der Waals surface area contributed by atoms with E-state index in [0.717, 1.165) is 9.13 Å². The smallest absolute Gasteiger partial charge is 0.126 e. The van der Waals surface area contributed by atoms with Crippen molar-refractivity contribution in [2.24, 2.45) is 5.84 Å². The molecule has 0 saturated carbocycles. The second-order valence-electron chi connectivity index (χ2n) is 4.18. The lowest BCUT2D eigenvalue weighted by Crippen LogP contribution is -2.30. The molecule has 1 unspecified atom stereocenters. The highest BCUT2D eigenvalue weighted by atomic mass is 127. The first-order valence-corrected chi connectivity index (χ1v) is 6.84. The van der Waals surface area contributed by atoms with Crippen LogP contribution in [0.15, 0.2) is 42.5 Å². The van der Waals surface area contributed by atoms with Crippen molar-refractivity contribution >= 4 is 22.6 Å². The second kappa shape index (κ2) is 6.40. The van der Waals surface area contributed by atoms with E-state index in [1.165, 1.54) is 18.2 Å². The van der Waals surface area contributed by atoms with Gasteiger partial charge in [-0.05, 0) is 58.3 Å². The maximum absolute atomic E-state index is 13.6. The number of hydrogen-bond donors (Lipinski definition) is 2. The van der Waals surface area contributed by atoms with E-state index in [-0.39, 0.29) is 17.7 Å². The monoisotopic (exact) mass is 374 g/mol. The molecule has 2 nitrogen and oxygen atoms in total. The molecule has 0 amide bonds. The van der Waals surface area contributed by atoms with Crippen molar-refractivity contribution in [2.45, 2.75) is 12.5 Å². The minimum Gasteiger partial charge on any atom is -0.271 e. The fourth-order valence-corrected chi connectivity index (χ4v) is 2.78. The predicted molar refractivity (Wildman–Crippen MR) is 79.3 cm³/mol. The molecule has 0 bridgehead atoms. The van der Waals surface area contributed by atoms with Gasteiger partial charge in [0.1, 0.15) is 11.6 Å². The van der Waals surface area contributed by atoms with Gasteiger partial charge in [0, 0.05) is 3.57 Å². The van der Waals surface area contributed by atoms with Gasteiger partial charge < -0.3 is 0 Å². The third-order valence-corrected chi connectivity index (χ3v) is 3.86. The van der Waals surface area contributed by atoms with Gasteiger partial charge in [0.05, 0.1) is 6.04 Å². The van der Waals surface area contributed by atoms with Crippen LogP contribution in [0.25, 0.3) is 0 Å². The van der Waals surface area contributed by atoms with E-state index in [1.54, 1.807) is 24.3 Å². The quantitative estimate of drug-likeness (QED) is 0.490. The van der Waals surface area contributed by atoms with Crippen LogP contribution in [0.1, 0.15) is 17.2 Å². The van der Waals surface area contributed by atoms with Gasteiger partial charge in [0.15, 0.2) is 0 Å². The fraction of sp³-hybridized carbons (Fsp3) is 0.143. The summed E-state index contributed by atoms with van der Waals surface area (Å²) >= 11 is 2.05. The van der Waals surface area contributed by atoms with Crippen molar-refractivity contribution < 1.29 is 8.78 Å². The standard InChI is InChI=1S/C14H13F2IN2/c15-10-5-6-11(13(17)8-10)14(19-18)7-9-3-1-2-4-12(9)16/h1-6,8,14,19H,7,18H2. The Balaban J connectivity index is 2.28. The molecular weight excluding hydrogens is 361 g/mol. The van der Waals surface area contributed by atoms with Gasteiger partial charge >= 0.3 is 0 Å². The average Bonchev–Trinajstić information content (AvgIpc) is 2.39. The Kier molecular flexibility index (Phi) is 4.84. The molecule has 0 saturated heterocycles. The van der Waals surface area contributed by atoms with Crippen LogP contribution in [0, 0.1) is 15.2 Å². The molecular formula is C14H13F2IN2. The van der Waals surface area contributed by atoms with Crippen LogP contribution in [-0.2, 0) is 6.42 Å². The van der Waals surface area contributed by atoms with Gasteiger partial charge in [-0.25, -0.2) is 8.78 Å². The van der Waals surface area contributed by atoms with Crippen molar-refractivity contribution in [1.82, 2.24) is 5.43 Å². The van der Waals surface area contributed by atoms with Crippen molar-refractivity contribution in [3.63, 3.8) is 0 Å². The lowest BCUT2D eigenvalue weighted by atomic mass is 9.99. The van der Waals surface area contributed by atoms with Gasteiger partial charge in [0.25, 0.3) is 0 Å². The Labute approximate surface area is 124 Å². The number of benzene rings is 2. The van der Waals surface area contributed by atoms with Gasteiger partial charge in [0.2, 0.25) is 0 Å². The molecule has 0 aliphatic carbocycles. The summed E-state index contributed by atoms with van der Waals surface area (Å²) in [6.45, 7) is 0. The SMILES string of the molecule is NNC(Cc1ccccc1F)c1ccc(F)cc1I. The zero-order chi connectivity index (χ0) is 13.8. The maximum Gasteiger partial charge on any atom is 0.126 e. The summed E-state index contributed by atoms with van der Waals surface area (Å²) in [7, 11) is 0. The van der Waals surface area contributed by atoms with Crippen LogP contribution in [-0.4, -0.2) is 0 Å². The highest BCUT2D eigenvalue weighted by Gasteiger charge is 2.16.